The van der Waals surface area contributed by atoms with Gasteiger partial charge in [-0.1, -0.05) is 42.5 Å². The summed E-state index contributed by atoms with van der Waals surface area (Å²) in [5.74, 6) is 0. The highest BCUT2D eigenvalue weighted by atomic mass is 32.2. The lowest BCUT2D eigenvalue weighted by atomic mass is 9.94. The number of benzene rings is 2. The molecule has 3 heterocycles. The van der Waals surface area contributed by atoms with Crippen LogP contribution in [-0.2, 0) is 30.0 Å². The zero-order valence-electron chi connectivity index (χ0n) is 18.3. The van der Waals surface area contributed by atoms with Crippen molar-refractivity contribution in [2.45, 2.75) is 24.0 Å². The average molecular weight is 460 g/mol. The number of hydrogen-bond donors (Lipinski definition) is 1. The number of nitrogens with zero attached hydrogens (tertiary/aromatic N) is 4. The first-order chi connectivity index (χ1) is 16.0. The number of hydrogen-bond acceptors (Lipinski definition) is 5. The van der Waals surface area contributed by atoms with E-state index in [4.69, 9.17) is 0 Å². The maximum atomic E-state index is 13.0. The minimum atomic E-state index is -3.72. The third-order valence-corrected chi connectivity index (χ3v) is 7.22. The van der Waals surface area contributed by atoms with Crippen molar-refractivity contribution < 1.29 is 8.42 Å². The number of anilines is 1. The van der Waals surface area contributed by atoms with Gasteiger partial charge in [-0.15, -0.1) is 0 Å². The van der Waals surface area contributed by atoms with E-state index in [1.165, 1.54) is 12.3 Å². The first-order valence-corrected chi connectivity index (χ1v) is 12.3. The summed E-state index contributed by atoms with van der Waals surface area (Å²) in [6.07, 6.45) is 5.85. The molecule has 168 valence electrons. The van der Waals surface area contributed by atoms with Crippen LogP contribution in [0.15, 0.2) is 90.5 Å². The van der Waals surface area contributed by atoms with Gasteiger partial charge < -0.3 is 9.47 Å². The van der Waals surface area contributed by atoms with Gasteiger partial charge in [-0.2, -0.15) is 0 Å². The van der Waals surface area contributed by atoms with Crippen LogP contribution in [0.3, 0.4) is 0 Å². The van der Waals surface area contributed by atoms with Gasteiger partial charge >= 0.3 is 0 Å². The van der Waals surface area contributed by atoms with Crippen molar-refractivity contribution in [3.8, 4) is 11.1 Å². The van der Waals surface area contributed by atoms with Crippen molar-refractivity contribution in [1.29, 1.82) is 0 Å². The van der Waals surface area contributed by atoms with Gasteiger partial charge in [-0.05, 0) is 47.4 Å². The second-order valence-corrected chi connectivity index (χ2v) is 9.97. The Kier molecular flexibility index (Phi) is 5.70. The van der Waals surface area contributed by atoms with E-state index in [-0.39, 0.29) is 11.1 Å². The van der Waals surface area contributed by atoms with Crippen molar-refractivity contribution in [2.75, 3.05) is 11.4 Å². The van der Waals surface area contributed by atoms with Crippen LogP contribution in [0.4, 0.5) is 5.69 Å². The van der Waals surface area contributed by atoms with Gasteiger partial charge in [0.15, 0.2) is 5.03 Å². The van der Waals surface area contributed by atoms with Gasteiger partial charge in [0.1, 0.15) is 0 Å². The summed E-state index contributed by atoms with van der Waals surface area (Å²) < 4.78 is 30.7. The van der Waals surface area contributed by atoms with E-state index in [0.29, 0.717) is 19.5 Å². The van der Waals surface area contributed by atoms with Gasteiger partial charge in [-0.3, -0.25) is 0 Å². The molecule has 1 aliphatic rings. The van der Waals surface area contributed by atoms with Crippen LogP contribution in [-0.4, -0.2) is 35.5 Å². The molecule has 0 fully saturated rings. The number of rotatable bonds is 6. The Morgan fingerprint density at radius 2 is 1.82 bits per heavy atom. The molecule has 2 aromatic carbocycles. The van der Waals surface area contributed by atoms with Crippen LogP contribution < -0.4 is 9.62 Å². The highest BCUT2D eigenvalue weighted by Crippen LogP contribution is 2.33. The highest BCUT2D eigenvalue weighted by Gasteiger charge is 2.29. The monoisotopic (exact) mass is 459 g/mol. The smallest absolute Gasteiger partial charge is 0.258 e. The van der Waals surface area contributed by atoms with Crippen LogP contribution in [0.5, 0.6) is 0 Å². The number of fused-ring (bicyclic) bond motifs is 1. The number of aromatic nitrogens is 3. The van der Waals surface area contributed by atoms with E-state index in [1.54, 1.807) is 18.5 Å². The minimum absolute atomic E-state index is 0.0325. The fourth-order valence-electron chi connectivity index (χ4n) is 4.32. The first-order valence-electron chi connectivity index (χ1n) is 10.8. The number of imidazole rings is 1. The van der Waals surface area contributed by atoms with Crippen molar-refractivity contribution >= 4 is 15.7 Å². The maximum Gasteiger partial charge on any atom is 0.258 e. The summed E-state index contributed by atoms with van der Waals surface area (Å²) in [5, 5.41) is 0.0325. The van der Waals surface area contributed by atoms with Gasteiger partial charge in [0.25, 0.3) is 10.0 Å². The molecule has 1 N–H and O–H groups in total. The van der Waals surface area contributed by atoms with Gasteiger partial charge in [0.2, 0.25) is 0 Å². The molecule has 0 radical (unpaired) electrons. The van der Waals surface area contributed by atoms with Crippen LogP contribution in [0.1, 0.15) is 11.3 Å². The van der Waals surface area contributed by atoms with E-state index in [1.807, 2.05) is 36.0 Å². The summed E-state index contributed by atoms with van der Waals surface area (Å²) in [6.45, 7) is 1.14. The Morgan fingerprint density at radius 3 is 2.55 bits per heavy atom. The van der Waals surface area contributed by atoms with E-state index >= 15 is 0 Å². The predicted octanol–water partition coefficient (Wildman–Crippen LogP) is 3.39. The average Bonchev–Trinajstić information content (AvgIpc) is 3.24. The third-order valence-electron chi connectivity index (χ3n) is 5.78. The number of pyridine rings is 1. The SMILES string of the molecule is Cn1cnc(CN2CC(NS(=O)(=O)c3ccccn3)Cc3cc(-c4ccccc4)ccc32)c1. The molecule has 2 aromatic heterocycles. The van der Waals surface area contributed by atoms with E-state index in [2.05, 4.69) is 49.9 Å². The zero-order chi connectivity index (χ0) is 22.8. The van der Waals surface area contributed by atoms with Crippen molar-refractivity contribution in [3.05, 3.63) is 96.7 Å². The molecule has 0 aliphatic carbocycles. The largest absolute Gasteiger partial charge is 0.364 e. The second kappa shape index (κ2) is 8.80. The number of nitrogens with one attached hydrogen (secondary N) is 1. The zero-order valence-corrected chi connectivity index (χ0v) is 19.1. The predicted molar refractivity (Wildman–Crippen MR) is 128 cm³/mol. The summed E-state index contributed by atoms with van der Waals surface area (Å²) in [7, 11) is -1.78. The minimum Gasteiger partial charge on any atom is -0.364 e. The molecule has 0 bridgehead atoms. The Bertz CT molecular complexity index is 1350. The lowest BCUT2D eigenvalue weighted by molar-refractivity contribution is 0.521. The summed E-state index contributed by atoms with van der Waals surface area (Å²) in [6, 6.07) is 21.2. The van der Waals surface area contributed by atoms with E-state index in [9.17, 15) is 8.42 Å². The number of sulfonamides is 1. The summed E-state index contributed by atoms with van der Waals surface area (Å²) in [5.41, 5.74) is 5.39. The molecule has 8 heteroatoms. The Balaban J connectivity index is 1.48. The second-order valence-electron chi connectivity index (χ2n) is 8.31. The molecule has 33 heavy (non-hydrogen) atoms. The molecule has 1 atom stereocenters. The normalized spacial score (nSPS) is 15.9. The first kappa shape index (κ1) is 21.4. The Morgan fingerprint density at radius 1 is 1.00 bits per heavy atom. The van der Waals surface area contributed by atoms with Crippen LogP contribution in [0.25, 0.3) is 11.1 Å². The van der Waals surface area contributed by atoms with E-state index in [0.717, 1.165) is 28.1 Å². The molecule has 0 saturated carbocycles. The molecule has 0 spiro atoms. The lowest BCUT2D eigenvalue weighted by Crippen LogP contribution is -2.48. The third kappa shape index (κ3) is 4.67. The molecular formula is C25H25N5O2S. The molecule has 5 rings (SSSR count). The maximum absolute atomic E-state index is 13.0. The van der Waals surface area contributed by atoms with Crippen molar-refractivity contribution in [2.24, 2.45) is 7.05 Å². The van der Waals surface area contributed by atoms with Gasteiger partial charge in [0, 0.05) is 37.7 Å². The standard InChI is InChI=1S/C25H25N5O2S/c1-29-15-23(27-18-29)17-30-16-22(28-33(31,32)25-9-5-6-12-26-25)14-21-13-20(10-11-24(21)30)19-7-3-2-4-8-19/h2-13,15,18,22,28H,14,16-17H2,1H3. The van der Waals surface area contributed by atoms with Crippen molar-refractivity contribution in [3.63, 3.8) is 0 Å². The summed E-state index contributed by atoms with van der Waals surface area (Å²) in [4.78, 5) is 10.7. The van der Waals surface area contributed by atoms with Gasteiger partial charge in [-0.25, -0.2) is 23.1 Å². The topological polar surface area (TPSA) is 80.1 Å². The fourth-order valence-corrected chi connectivity index (χ4v) is 5.50. The van der Waals surface area contributed by atoms with Crippen molar-refractivity contribution in [1.82, 2.24) is 19.3 Å². The molecule has 0 saturated heterocycles. The molecule has 0 amide bonds. The Hall–Kier alpha value is -3.49. The number of aryl methyl sites for hydroxylation is 1. The molecular weight excluding hydrogens is 434 g/mol. The van der Waals surface area contributed by atoms with Crippen LogP contribution in [0.2, 0.25) is 0 Å². The lowest BCUT2D eigenvalue weighted by Gasteiger charge is -2.36. The highest BCUT2D eigenvalue weighted by molar-refractivity contribution is 7.89. The molecule has 7 nitrogen and oxygen atoms in total. The van der Waals surface area contributed by atoms with E-state index < -0.39 is 10.0 Å². The molecule has 4 aromatic rings. The molecule has 1 unspecified atom stereocenters. The summed E-state index contributed by atoms with van der Waals surface area (Å²) >= 11 is 0. The van der Waals surface area contributed by atoms with Gasteiger partial charge in [0.05, 0.1) is 18.6 Å². The van der Waals surface area contributed by atoms with Crippen LogP contribution in [0, 0.1) is 0 Å². The molecule has 1 aliphatic heterocycles. The Labute approximate surface area is 193 Å². The van der Waals surface area contributed by atoms with Crippen LogP contribution >= 0.6 is 0 Å². The quantitative estimate of drug-likeness (QED) is 0.478. The fraction of sp³-hybridized carbons (Fsp3) is 0.200.